The van der Waals surface area contributed by atoms with Gasteiger partial charge in [-0.15, -0.1) is 0 Å². The number of aromatic nitrogens is 3. The Bertz CT molecular complexity index is 499. The van der Waals surface area contributed by atoms with Crippen molar-refractivity contribution in [3.05, 3.63) is 29.0 Å². The van der Waals surface area contributed by atoms with Gasteiger partial charge in [0.15, 0.2) is 0 Å². The molecule has 16 heavy (non-hydrogen) atoms. The quantitative estimate of drug-likeness (QED) is 0.867. The van der Waals surface area contributed by atoms with E-state index in [9.17, 15) is 0 Å². The fourth-order valence-corrected chi connectivity index (χ4v) is 1.43. The lowest BCUT2D eigenvalue weighted by Gasteiger charge is -2.05. The van der Waals surface area contributed by atoms with E-state index in [0.717, 1.165) is 4.47 Å². The predicted octanol–water partition coefficient (Wildman–Crippen LogP) is 1.59. The number of nitrogens with zero attached hydrogens (tertiary/aromatic N) is 3. The average molecular weight is 282 g/mol. The molecule has 0 aromatic carbocycles. The van der Waals surface area contributed by atoms with Crippen LogP contribution in [-0.2, 0) is 0 Å². The zero-order valence-corrected chi connectivity index (χ0v) is 9.68. The molecule has 0 spiro atoms. The second-order valence-electron chi connectivity index (χ2n) is 2.93. The van der Waals surface area contributed by atoms with Gasteiger partial charge in [-0.3, -0.25) is 4.98 Å². The maximum Gasteiger partial charge on any atom is 0.226 e. The molecule has 0 aliphatic rings. The van der Waals surface area contributed by atoms with Gasteiger partial charge in [0.1, 0.15) is 11.6 Å². The van der Waals surface area contributed by atoms with Gasteiger partial charge in [0.2, 0.25) is 11.8 Å². The zero-order valence-electron chi connectivity index (χ0n) is 8.09. The summed E-state index contributed by atoms with van der Waals surface area (Å²) in [4.78, 5) is 11.6. The Labute approximate surface area is 99.8 Å². The predicted molar refractivity (Wildman–Crippen MR) is 62.9 cm³/mol. The minimum Gasteiger partial charge on any atom is -0.437 e. The topological polar surface area (TPSA) is 99.9 Å². The molecule has 0 radical (unpaired) electrons. The largest absolute Gasteiger partial charge is 0.437 e. The van der Waals surface area contributed by atoms with E-state index in [1.54, 1.807) is 18.5 Å². The molecule has 2 heterocycles. The Hall–Kier alpha value is -1.89. The smallest absolute Gasteiger partial charge is 0.226 e. The van der Waals surface area contributed by atoms with Crippen LogP contribution in [0.2, 0.25) is 0 Å². The van der Waals surface area contributed by atoms with Gasteiger partial charge >= 0.3 is 0 Å². The van der Waals surface area contributed by atoms with Crippen LogP contribution in [-0.4, -0.2) is 15.0 Å². The summed E-state index contributed by atoms with van der Waals surface area (Å²) in [5.41, 5.74) is 10.9. The highest BCUT2D eigenvalue weighted by molar-refractivity contribution is 9.10. The SMILES string of the molecule is Nc1cc(Oc2cncc(Br)c2)nc(N)n1. The maximum atomic E-state index is 5.51. The van der Waals surface area contributed by atoms with Gasteiger partial charge < -0.3 is 16.2 Å². The molecule has 0 aliphatic carbocycles. The van der Waals surface area contributed by atoms with Gasteiger partial charge in [-0.25, -0.2) is 0 Å². The fourth-order valence-electron chi connectivity index (χ4n) is 1.08. The van der Waals surface area contributed by atoms with E-state index >= 15 is 0 Å². The van der Waals surface area contributed by atoms with Gasteiger partial charge in [-0.1, -0.05) is 0 Å². The molecule has 2 aromatic heterocycles. The molecule has 0 aliphatic heterocycles. The summed E-state index contributed by atoms with van der Waals surface area (Å²) >= 11 is 3.28. The summed E-state index contributed by atoms with van der Waals surface area (Å²) in [6.45, 7) is 0. The molecular weight excluding hydrogens is 274 g/mol. The van der Waals surface area contributed by atoms with E-state index in [2.05, 4.69) is 30.9 Å². The molecule has 0 bridgehead atoms. The van der Waals surface area contributed by atoms with Crippen LogP contribution in [0.4, 0.5) is 11.8 Å². The summed E-state index contributed by atoms with van der Waals surface area (Å²) in [5, 5.41) is 0. The number of pyridine rings is 1. The summed E-state index contributed by atoms with van der Waals surface area (Å²) in [6.07, 6.45) is 3.20. The van der Waals surface area contributed by atoms with Gasteiger partial charge in [0.05, 0.1) is 6.20 Å². The number of rotatable bonds is 2. The second kappa shape index (κ2) is 4.31. The third kappa shape index (κ3) is 2.57. The van der Waals surface area contributed by atoms with Crippen molar-refractivity contribution in [2.75, 3.05) is 11.5 Å². The normalized spacial score (nSPS) is 10.1. The lowest BCUT2D eigenvalue weighted by Crippen LogP contribution is -2.00. The van der Waals surface area contributed by atoms with Crippen LogP contribution in [0, 0.1) is 0 Å². The Balaban J connectivity index is 2.27. The molecule has 2 aromatic rings. The molecule has 2 rings (SSSR count). The first-order chi connectivity index (χ1) is 7.63. The van der Waals surface area contributed by atoms with Crippen molar-refractivity contribution < 1.29 is 4.74 Å². The molecule has 0 amide bonds. The van der Waals surface area contributed by atoms with Crippen molar-refractivity contribution in [1.29, 1.82) is 0 Å². The van der Waals surface area contributed by atoms with Crippen molar-refractivity contribution in [3.63, 3.8) is 0 Å². The number of hydrogen-bond donors (Lipinski definition) is 2. The molecule has 6 nitrogen and oxygen atoms in total. The molecule has 0 saturated heterocycles. The lowest BCUT2D eigenvalue weighted by molar-refractivity contribution is 0.460. The Morgan fingerprint density at radius 1 is 1.12 bits per heavy atom. The number of nitrogens with two attached hydrogens (primary N) is 2. The molecule has 0 unspecified atom stereocenters. The van der Waals surface area contributed by atoms with Gasteiger partial charge in [0.25, 0.3) is 0 Å². The summed E-state index contributed by atoms with van der Waals surface area (Å²) < 4.78 is 6.22. The monoisotopic (exact) mass is 281 g/mol. The first kappa shape index (κ1) is 10.6. The van der Waals surface area contributed by atoms with Crippen LogP contribution in [0.5, 0.6) is 11.6 Å². The Morgan fingerprint density at radius 2 is 1.94 bits per heavy atom. The van der Waals surface area contributed by atoms with Crippen molar-refractivity contribution in [1.82, 2.24) is 15.0 Å². The Kier molecular flexibility index (Phi) is 2.86. The van der Waals surface area contributed by atoms with Crippen molar-refractivity contribution in [3.8, 4) is 11.6 Å². The Morgan fingerprint density at radius 3 is 2.62 bits per heavy atom. The summed E-state index contributed by atoms with van der Waals surface area (Å²) in [6, 6.07) is 3.23. The molecule has 82 valence electrons. The molecule has 0 fully saturated rings. The van der Waals surface area contributed by atoms with E-state index in [1.165, 1.54) is 6.07 Å². The minimum absolute atomic E-state index is 0.0676. The molecule has 4 N–H and O–H groups in total. The van der Waals surface area contributed by atoms with Crippen LogP contribution in [0.25, 0.3) is 0 Å². The first-order valence-electron chi connectivity index (χ1n) is 4.32. The van der Waals surface area contributed by atoms with E-state index in [4.69, 9.17) is 16.2 Å². The summed E-state index contributed by atoms with van der Waals surface area (Å²) in [5.74, 6) is 1.14. The van der Waals surface area contributed by atoms with Crippen molar-refractivity contribution >= 4 is 27.7 Å². The molecular formula is C9H8BrN5O. The van der Waals surface area contributed by atoms with E-state index in [-0.39, 0.29) is 17.6 Å². The first-order valence-corrected chi connectivity index (χ1v) is 5.11. The third-order valence-corrected chi connectivity index (χ3v) is 2.08. The zero-order chi connectivity index (χ0) is 11.5. The van der Waals surface area contributed by atoms with Crippen molar-refractivity contribution in [2.24, 2.45) is 0 Å². The molecule has 0 atom stereocenters. The highest BCUT2D eigenvalue weighted by atomic mass is 79.9. The van der Waals surface area contributed by atoms with Crippen LogP contribution < -0.4 is 16.2 Å². The van der Waals surface area contributed by atoms with Gasteiger partial charge in [-0.2, -0.15) is 9.97 Å². The fraction of sp³-hybridized carbons (Fsp3) is 0. The van der Waals surface area contributed by atoms with E-state index in [1.807, 2.05) is 0 Å². The number of hydrogen-bond acceptors (Lipinski definition) is 6. The maximum absolute atomic E-state index is 5.51. The van der Waals surface area contributed by atoms with E-state index in [0.29, 0.717) is 5.75 Å². The standard InChI is InChI=1S/C9H8BrN5O/c10-5-1-6(4-13-3-5)16-8-2-7(11)14-9(12)15-8/h1-4H,(H4,11,12,14,15). The number of ether oxygens (including phenoxy) is 1. The number of halogens is 1. The van der Waals surface area contributed by atoms with Crippen LogP contribution >= 0.6 is 15.9 Å². The summed E-state index contributed by atoms with van der Waals surface area (Å²) in [7, 11) is 0. The van der Waals surface area contributed by atoms with Gasteiger partial charge in [-0.05, 0) is 22.0 Å². The van der Waals surface area contributed by atoms with E-state index < -0.39 is 0 Å². The van der Waals surface area contributed by atoms with Crippen molar-refractivity contribution in [2.45, 2.75) is 0 Å². The lowest BCUT2D eigenvalue weighted by atomic mass is 10.4. The highest BCUT2D eigenvalue weighted by Crippen LogP contribution is 2.22. The third-order valence-electron chi connectivity index (χ3n) is 1.64. The van der Waals surface area contributed by atoms with Crippen LogP contribution in [0.1, 0.15) is 0 Å². The second-order valence-corrected chi connectivity index (χ2v) is 3.85. The molecule has 0 saturated carbocycles. The highest BCUT2D eigenvalue weighted by Gasteiger charge is 2.03. The number of anilines is 2. The number of nitrogen functional groups attached to an aromatic ring is 2. The van der Waals surface area contributed by atoms with Gasteiger partial charge in [0, 0.05) is 16.7 Å². The molecule has 7 heteroatoms. The van der Waals surface area contributed by atoms with Crippen LogP contribution in [0.3, 0.4) is 0 Å². The van der Waals surface area contributed by atoms with Crippen LogP contribution in [0.15, 0.2) is 29.0 Å². The minimum atomic E-state index is 0.0676. The average Bonchev–Trinajstić information content (AvgIpc) is 2.15.